The Balaban J connectivity index is 2.11. The predicted octanol–water partition coefficient (Wildman–Crippen LogP) is 3.49. The number of nitrogens with zero attached hydrogens (tertiary/aromatic N) is 2. The molecule has 1 fully saturated rings. The fourth-order valence-electron chi connectivity index (χ4n) is 3.55. The van der Waals surface area contributed by atoms with Gasteiger partial charge in [0.25, 0.3) is 0 Å². The second-order valence-electron chi connectivity index (χ2n) is 6.97. The number of rotatable bonds is 6. The smallest absolute Gasteiger partial charge is 0.318 e. The summed E-state index contributed by atoms with van der Waals surface area (Å²) in [5, 5.41) is 16.1. The lowest BCUT2D eigenvalue weighted by molar-refractivity contribution is 0.0664. The molecule has 0 aliphatic carbocycles. The van der Waals surface area contributed by atoms with Crippen LogP contribution in [0.1, 0.15) is 63.2 Å². The average molecular weight is 340 g/mol. The van der Waals surface area contributed by atoms with E-state index in [1.165, 1.54) is 0 Å². The van der Waals surface area contributed by atoms with Crippen LogP contribution in [0.4, 0.5) is 4.79 Å². The van der Waals surface area contributed by atoms with Crippen molar-refractivity contribution in [1.29, 1.82) is 0 Å². The molecule has 0 radical (unpaired) electrons. The zero-order chi connectivity index (χ0) is 17.0. The fraction of sp³-hybridized carbons (Fsp3) is 0.765. The van der Waals surface area contributed by atoms with E-state index >= 15 is 0 Å². The number of urea groups is 1. The molecule has 0 aromatic carbocycles. The van der Waals surface area contributed by atoms with Crippen LogP contribution in [-0.4, -0.2) is 39.7 Å². The Labute approximate surface area is 143 Å². The molecule has 2 amide bonds. The number of likely N-dealkylation sites (tertiary alicyclic amines) is 1. The molecule has 23 heavy (non-hydrogen) atoms. The molecule has 0 unspecified atom stereocenters. The van der Waals surface area contributed by atoms with Gasteiger partial charge >= 0.3 is 6.03 Å². The third-order valence-electron chi connectivity index (χ3n) is 4.56. The average Bonchev–Trinajstić information content (AvgIpc) is 3.11. The molecule has 2 N–H and O–H groups in total. The van der Waals surface area contributed by atoms with E-state index in [2.05, 4.69) is 31.1 Å². The lowest BCUT2D eigenvalue weighted by Crippen LogP contribution is -2.54. The zero-order valence-corrected chi connectivity index (χ0v) is 15.4. The number of aromatic nitrogens is 1. The monoisotopic (exact) mass is 339 g/mol. The molecular weight excluding hydrogens is 310 g/mol. The van der Waals surface area contributed by atoms with Gasteiger partial charge in [-0.05, 0) is 38.5 Å². The third-order valence-corrected chi connectivity index (χ3v) is 5.64. The normalized spacial score (nSPS) is 22.6. The van der Waals surface area contributed by atoms with Crippen LogP contribution in [-0.2, 0) is 0 Å². The summed E-state index contributed by atoms with van der Waals surface area (Å²) in [6, 6.07) is -0.130. The van der Waals surface area contributed by atoms with Gasteiger partial charge in [-0.15, -0.1) is 11.3 Å². The molecule has 0 bridgehead atoms. The maximum Gasteiger partial charge on any atom is 0.318 e. The Hall–Kier alpha value is -1.14. The van der Waals surface area contributed by atoms with Crippen LogP contribution in [0.2, 0.25) is 0 Å². The quantitative estimate of drug-likeness (QED) is 0.834. The number of amides is 2. The summed E-state index contributed by atoms with van der Waals surface area (Å²) in [7, 11) is 0. The van der Waals surface area contributed by atoms with Gasteiger partial charge in [-0.3, -0.25) is 0 Å². The Morgan fingerprint density at radius 3 is 2.83 bits per heavy atom. The van der Waals surface area contributed by atoms with E-state index in [1.54, 1.807) is 11.3 Å². The first-order valence-corrected chi connectivity index (χ1v) is 9.41. The number of aliphatic hydroxyl groups is 1. The van der Waals surface area contributed by atoms with Crippen LogP contribution >= 0.6 is 11.3 Å². The van der Waals surface area contributed by atoms with E-state index < -0.39 is 5.54 Å². The van der Waals surface area contributed by atoms with Crippen LogP contribution < -0.4 is 5.32 Å². The van der Waals surface area contributed by atoms with Crippen molar-refractivity contribution in [3.8, 4) is 0 Å². The molecule has 1 saturated heterocycles. The summed E-state index contributed by atoms with van der Waals surface area (Å²) in [6.07, 6.45) is 3.48. The second-order valence-corrected chi connectivity index (χ2v) is 7.86. The molecule has 6 heteroatoms. The molecule has 1 aliphatic rings. The minimum atomic E-state index is -0.407. The van der Waals surface area contributed by atoms with E-state index in [9.17, 15) is 9.90 Å². The zero-order valence-electron chi connectivity index (χ0n) is 14.6. The molecule has 2 atom stereocenters. The van der Waals surface area contributed by atoms with E-state index in [0.717, 1.165) is 36.4 Å². The molecule has 0 spiro atoms. The summed E-state index contributed by atoms with van der Waals surface area (Å²) in [5.74, 6) is 0.444. The van der Waals surface area contributed by atoms with Crippen molar-refractivity contribution >= 4 is 17.4 Å². The minimum Gasteiger partial charge on any atom is -0.394 e. The Bertz CT molecular complexity index is 532. The van der Waals surface area contributed by atoms with E-state index in [-0.39, 0.29) is 18.7 Å². The molecule has 2 heterocycles. The lowest BCUT2D eigenvalue weighted by Gasteiger charge is -2.39. The Morgan fingerprint density at radius 1 is 1.57 bits per heavy atom. The van der Waals surface area contributed by atoms with Crippen molar-refractivity contribution in [3.63, 3.8) is 0 Å². The van der Waals surface area contributed by atoms with Gasteiger partial charge in [0, 0.05) is 17.6 Å². The van der Waals surface area contributed by atoms with Crippen LogP contribution in [0.5, 0.6) is 0 Å². The first-order chi connectivity index (χ1) is 10.9. The standard InChI is InChI=1S/C17H29N3O2S/c1-5-14(15-18-13(4)10-23-15)19-16(22)20-8-6-7-17(20,11-21)9-12(2)3/h10,12,14,21H,5-9,11H2,1-4H3,(H,19,22)/t14-,17-/m0/s1. The largest absolute Gasteiger partial charge is 0.394 e. The molecule has 2 rings (SSSR count). The topological polar surface area (TPSA) is 65.5 Å². The van der Waals surface area contributed by atoms with Crippen LogP contribution in [0.25, 0.3) is 0 Å². The molecule has 1 aromatic rings. The highest BCUT2D eigenvalue weighted by Gasteiger charge is 2.43. The van der Waals surface area contributed by atoms with Gasteiger partial charge in [0.05, 0.1) is 18.2 Å². The summed E-state index contributed by atoms with van der Waals surface area (Å²) >= 11 is 1.59. The van der Waals surface area contributed by atoms with Gasteiger partial charge in [0.15, 0.2) is 0 Å². The number of aliphatic hydroxyl groups excluding tert-OH is 1. The number of carbonyl (C=O) groups is 1. The number of thiazole rings is 1. The van der Waals surface area contributed by atoms with Gasteiger partial charge in [-0.2, -0.15) is 0 Å². The lowest BCUT2D eigenvalue weighted by atomic mass is 9.87. The molecule has 0 saturated carbocycles. The van der Waals surface area contributed by atoms with Gasteiger partial charge in [-0.1, -0.05) is 20.8 Å². The first kappa shape index (κ1) is 18.2. The number of hydrogen-bond acceptors (Lipinski definition) is 4. The van der Waals surface area contributed by atoms with Gasteiger partial charge in [0.2, 0.25) is 0 Å². The van der Waals surface area contributed by atoms with E-state index in [1.807, 2.05) is 17.2 Å². The molecule has 5 nitrogen and oxygen atoms in total. The van der Waals surface area contributed by atoms with Gasteiger partial charge in [0.1, 0.15) is 5.01 Å². The fourth-order valence-corrected chi connectivity index (χ4v) is 4.48. The SMILES string of the molecule is CC[C@H](NC(=O)N1CCC[C@@]1(CO)CC(C)C)c1nc(C)cs1. The second kappa shape index (κ2) is 7.62. The number of hydrogen-bond donors (Lipinski definition) is 2. The van der Waals surface area contributed by atoms with Crippen molar-refractivity contribution in [3.05, 3.63) is 16.1 Å². The summed E-state index contributed by atoms with van der Waals surface area (Å²) in [6.45, 7) is 9.05. The van der Waals surface area contributed by atoms with E-state index in [0.29, 0.717) is 12.5 Å². The highest BCUT2D eigenvalue weighted by molar-refractivity contribution is 7.09. The van der Waals surface area contributed by atoms with Crippen molar-refractivity contribution in [1.82, 2.24) is 15.2 Å². The van der Waals surface area contributed by atoms with Crippen LogP contribution in [0.15, 0.2) is 5.38 Å². The van der Waals surface area contributed by atoms with Gasteiger partial charge < -0.3 is 15.3 Å². The van der Waals surface area contributed by atoms with Crippen molar-refractivity contribution in [2.75, 3.05) is 13.2 Å². The predicted molar refractivity (Wildman–Crippen MR) is 93.6 cm³/mol. The molecule has 1 aromatic heterocycles. The van der Waals surface area contributed by atoms with Crippen molar-refractivity contribution < 1.29 is 9.90 Å². The summed E-state index contributed by atoms with van der Waals surface area (Å²) in [5.41, 5.74) is 0.582. The number of nitrogens with one attached hydrogen (secondary N) is 1. The van der Waals surface area contributed by atoms with Crippen molar-refractivity contribution in [2.45, 2.75) is 65.0 Å². The highest BCUT2D eigenvalue weighted by atomic mass is 32.1. The molecule has 130 valence electrons. The first-order valence-electron chi connectivity index (χ1n) is 8.53. The Kier molecular flexibility index (Phi) is 6.03. The third kappa shape index (κ3) is 4.04. The maximum absolute atomic E-state index is 12.8. The van der Waals surface area contributed by atoms with Crippen LogP contribution in [0, 0.1) is 12.8 Å². The van der Waals surface area contributed by atoms with Gasteiger partial charge in [-0.25, -0.2) is 9.78 Å². The van der Waals surface area contributed by atoms with Crippen molar-refractivity contribution in [2.24, 2.45) is 5.92 Å². The maximum atomic E-state index is 12.8. The number of aryl methyl sites for hydroxylation is 1. The molecule has 1 aliphatic heterocycles. The molecular formula is C17H29N3O2S. The summed E-state index contributed by atoms with van der Waals surface area (Å²) in [4.78, 5) is 19.2. The highest BCUT2D eigenvalue weighted by Crippen LogP contribution is 2.35. The summed E-state index contributed by atoms with van der Waals surface area (Å²) < 4.78 is 0. The van der Waals surface area contributed by atoms with Crippen LogP contribution in [0.3, 0.4) is 0 Å². The number of carbonyl (C=O) groups excluding carboxylic acids is 1. The minimum absolute atomic E-state index is 0.0335. The van der Waals surface area contributed by atoms with E-state index in [4.69, 9.17) is 0 Å². The Morgan fingerprint density at radius 2 is 2.30 bits per heavy atom.